The maximum Gasteiger partial charge on any atom is 0.270 e. The van der Waals surface area contributed by atoms with Gasteiger partial charge in [-0.15, -0.1) is 0 Å². The van der Waals surface area contributed by atoms with E-state index in [1.165, 1.54) is 30.4 Å². The third-order valence-electron chi connectivity index (χ3n) is 1.90. The van der Waals surface area contributed by atoms with Crippen LogP contribution in [0.15, 0.2) is 24.3 Å². The van der Waals surface area contributed by atoms with Gasteiger partial charge in [-0.2, -0.15) is 0 Å². The van der Waals surface area contributed by atoms with E-state index in [9.17, 15) is 14.9 Å². The second-order valence-corrected chi connectivity index (χ2v) is 3.14. The lowest BCUT2D eigenvalue weighted by molar-refractivity contribution is -0.384. The Morgan fingerprint density at radius 3 is 2.75 bits per heavy atom. The topological polar surface area (TPSA) is 112 Å². The van der Waals surface area contributed by atoms with Crippen molar-refractivity contribution in [3.8, 4) is 0 Å². The van der Waals surface area contributed by atoms with Crippen molar-refractivity contribution in [1.29, 1.82) is 0 Å². The largest absolute Gasteiger partial charge is 0.398 e. The van der Waals surface area contributed by atoms with Gasteiger partial charge in [0, 0.05) is 29.8 Å². The van der Waals surface area contributed by atoms with Gasteiger partial charge in [0.25, 0.3) is 5.69 Å². The molecular formula is C10H11N3O3. The summed E-state index contributed by atoms with van der Waals surface area (Å²) in [5, 5.41) is 10.5. The summed E-state index contributed by atoms with van der Waals surface area (Å²) in [6.07, 6.45) is 3.12. The quantitative estimate of drug-likeness (QED) is 0.449. The van der Waals surface area contributed by atoms with E-state index in [1.54, 1.807) is 0 Å². The van der Waals surface area contributed by atoms with Crippen molar-refractivity contribution < 1.29 is 9.72 Å². The monoisotopic (exact) mass is 221 g/mol. The highest BCUT2D eigenvalue weighted by Crippen LogP contribution is 2.20. The van der Waals surface area contributed by atoms with E-state index in [0.29, 0.717) is 11.3 Å². The number of rotatable bonds is 4. The summed E-state index contributed by atoms with van der Waals surface area (Å²) in [4.78, 5) is 20.5. The van der Waals surface area contributed by atoms with Gasteiger partial charge < -0.3 is 11.5 Å². The van der Waals surface area contributed by atoms with Crippen LogP contribution in [-0.2, 0) is 4.79 Å². The Labute approximate surface area is 91.7 Å². The summed E-state index contributed by atoms with van der Waals surface area (Å²) in [6.45, 7) is 0. The number of anilines is 1. The predicted octanol–water partition coefficient (Wildman–Crippen LogP) is 1.07. The number of nitrogens with two attached hydrogens (primary N) is 2. The average Bonchev–Trinajstić information content (AvgIpc) is 2.20. The molecule has 1 amide bonds. The van der Waals surface area contributed by atoms with Crippen LogP contribution in [0.4, 0.5) is 11.4 Å². The van der Waals surface area contributed by atoms with Crippen molar-refractivity contribution in [2.24, 2.45) is 5.73 Å². The molecule has 0 aromatic heterocycles. The molecule has 0 aliphatic heterocycles. The highest BCUT2D eigenvalue weighted by Gasteiger charge is 2.06. The summed E-state index contributed by atoms with van der Waals surface area (Å²) in [5.41, 5.74) is 11.4. The lowest BCUT2D eigenvalue weighted by atomic mass is 10.1. The fourth-order valence-corrected chi connectivity index (χ4v) is 1.12. The summed E-state index contributed by atoms with van der Waals surface area (Å²) in [5.74, 6) is -0.472. The number of non-ortho nitro benzene ring substituents is 1. The average molecular weight is 221 g/mol. The number of hydrogen-bond acceptors (Lipinski definition) is 4. The highest BCUT2D eigenvalue weighted by atomic mass is 16.6. The number of carbonyl (C=O) groups excluding carboxylic acids is 1. The predicted molar refractivity (Wildman–Crippen MR) is 60.4 cm³/mol. The van der Waals surface area contributed by atoms with Crippen molar-refractivity contribution in [3.05, 3.63) is 40.0 Å². The van der Waals surface area contributed by atoms with Crippen LogP contribution in [0.5, 0.6) is 0 Å². The fourth-order valence-electron chi connectivity index (χ4n) is 1.12. The van der Waals surface area contributed by atoms with Crippen molar-refractivity contribution in [3.63, 3.8) is 0 Å². The molecule has 0 saturated heterocycles. The standard InChI is InChI=1S/C10H11N3O3/c11-9-5-4-8(13(15)16)6-7(9)2-1-3-10(12)14/h1-2,4-6H,3,11H2,(H2,12,14). The SMILES string of the molecule is NC(=O)CC=Cc1cc([N+](=O)[O-])ccc1N. The number of nitro groups is 1. The highest BCUT2D eigenvalue weighted by molar-refractivity contribution is 5.77. The zero-order valence-corrected chi connectivity index (χ0v) is 8.42. The Morgan fingerprint density at radius 1 is 1.50 bits per heavy atom. The summed E-state index contributed by atoms with van der Waals surface area (Å²) < 4.78 is 0. The number of carbonyl (C=O) groups is 1. The van der Waals surface area contributed by atoms with E-state index < -0.39 is 10.8 Å². The number of primary amides is 1. The number of nitrogen functional groups attached to an aromatic ring is 1. The lowest BCUT2D eigenvalue weighted by Gasteiger charge is -1.99. The first-order valence-electron chi connectivity index (χ1n) is 4.49. The summed E-state index contributed by atoms with van der Waals surface area (Å²) in [7, 11) is 0. The Bertz CT molecular complexity index is 455. The molecule has 6 heteroatoms. The van der Waals surface area contributed by atoms with Crippen LogP contribution in [0, 0.1) is 10.1 Å². The van der Waals surface area contributed by atoms with Gasteiger partial charge in [0.05, 0.1) is 4.92 Å². The van der Waals surface area contributed by atoms with Gasteiger partial charge in [0.1, 0.15) is 0 Å². The second-order valence-electron chi connectivity index (χ2n) is 3.14. The van der Waals surface area contributed by atoms with Crippen LogP contribution < -0.4 is 11.5 Å². The van der Waals surface area contributed by atoms with Gasteiger partial charge in [-0.1, -0.05) is 12.2 Å². The van der Waals surface area contributed by atoms with Crippen LogP contribution in [0.25, 0.3) is 6.08 Å². The molecule has 1 aromatic rings. The Hall–Kier alpha value is -2.37. The molecule has 0 spiro atoms. The lowest BCUT2D eigenvalue weighted by Crippen LogP contribution is -2.07. The van der Waals surface area contributed by atoms with E-state index in [1.807, 2.05) is 0 Å². The van der Waals surface area contributed by atoms with E-state index in [4.69, 9.17) is 11.5 Å². The molecule has 0 fully saturated rings. The molecule has 0 radical (unpaired) electrons. The molecule has 0 atom stereocenters. The van der Waals surface area contributed by atoms with Crippen molar-refractivity contribution in [2.45, 2.75) is 6.42 Å². The normalized spacial score (nSPS) is 10.5. The molecule has 0 heterocycles. The first-order chi connectivity index (χ1) is 7.50. The van der Waals surface area contributed by atoms with E-state index in [0.717, 1.165) is 0 Å². The Morgan fingerprint density at radius 2 is 2.19 bits per heavy atom. The third-order valence-corrected chi connectivity index (χ3v) is 1.90. The molecule has 0 aliphatic carbocycles. The van der Waals surface area contributed by atoms with E-state index in [2.05, 4.69) is 0 Å². The first kappa shape index (κ1) is 11.7. The van der Waals surface area contributed by atoms with Gasteiger partial charge in [-0.25, -0.2) is 0 Å². The molecule has 84 valence electrons. The van der Waals surface area contributed by atoms with Gasteiger partial charge in [0.15, 0.2) is 0 Å². The molecule has 0 bridgehead atoms. The van der Waals surface area contributed by atoms with E-state index >= 15 is 0 Å². The number of nitrogens with zero attached hydrogens (tertiary/aromatic N) is 1. The summed E-state index contributed by atoms with van der Waals surface area (Å²) in [6, 6.07) is 4.11. The van der Waals surface area contributed by atoms with Crippen LogP contribution in [0.2, 0.25) is 0 Å². The van der Waals surface area contributed by atoms with Crippen LogP contribution in [0.3, 0.4) is 0 Å². The molecule has 1 rings (SSSR count). The van der Waals surface area contributed by atoms with Crippen LogP contribution in [0.1, 0.15) is 12.0 Å². The van der Waals surface area contributed by atoms with Crippen molar-refractivity contribution in [1.82, 2.24) is 0 Å². The molecule has 6 nitrogen and oxygen atoms in total. The Kier molecular flexibility index (Phi) is 3.60. The number of amides is 1. The van der Waals surface area contributed by atoms with E-state index in [-0.39, 0.29) is 12.1 Å². The van der Waals surface area contributed by atoms with Crippen molar-refractivity contribution in [2.75, 3.05) is 5.73 Å². The third kappa shape index (κ3) is 3.09. The zero-order valence-electron chi connectivity index (χ0n) is 8.42. The van der Waals surface area contributed by atoms with Crippen LogP contribution in [-0.4, -0.2) is 10.8 Å². The van der Waals surface area contributed by atoms with Crippen molar-refractivity contribution >= 4 is 23.4 Å². The maximum atomic E-state index is 10.5. The zero-order chi connectivity index (χ0) is 12.1. The molecule has 1 aromatic carbocycles. The number of benzene rings is 1. The molecule has 4 N–H and O–H groups in total. The van der Waals surface area contributed by atoms with Gasteiger partial charge in [-0.05, 0) is 6.07 Å². The minimum Gasteiger partial charge on any atom is -0.398 e. The summed E-state index contributed by atoms with van der Waals surface area (Å²) >= 11 is 0. The molecular weight excluding hydrogens is 210 g/mol. The van der Waals surface area contributed by atoms with Gasteiger partial charge >= 0.3 is 0 Å². The minimum absolute atomic E-state index is 0.0482. The fraction of sp³-hybridized carbons (Fsp3) is 0.100. The number of hydrogen-bond donors (Lipinski definition) is 2. The Balaban J connectivity index is 2.94. The van der Waals surface area contributed by atoms with Gasteiger partial charge in [-0.3, -0.25) is 14.9 Å². The van der Waals surface area contributed by atoms with Crippen LogP contribution >= 0.6 is 0 Å². The maximum absolute atomic E-state index is 10.5. The number of nitro benzene ring substituents is 1. The van der Waals surface area contributed by atoms with Gasteiger partial charge in [0.2, 0.25) is 5.91 Å². The molecule has 16 heavy (non-hydrogen) atoms. The second kappa shape index (κ2) is 4.92. The molecule has 0 saturated carbocycles. The first-order valence-corrected chi connectivity index (χ1v) is 4.49. The molecule has 0 aliphatic rings. The smallest absolute Gasteiger partial charge is 0.270 e. The minimum atomic E-state index is -0.509. The molecule has 0 unspecified atom stereocenters.